The quantitative estimate of drug-likeness (QED) is 0.595. The van der Waals surface area contributed by atoms with Crippen LogP contribution in [0, 0.1) is 10.1 Å². The summed E-state index contributed by atoms with van der Waals surface area (Å²) in [4.78, 5) is 12.6. The first-order valence-corrected chi connectivity index (χ1v) is 5.93. The third-order valence-corrected chi connectivity index (χ3v) is 2.97. The summed E-state index contributed by atoms with van der Waals surface area (Å²) in [5.74, 6) is 0. The van der Waals surface area contributed by atoms with Gasteiger partial charge in [-0.05, 0) is 45.7 Å². The SMILES string of the molecule is CC(C)(C)N(c1ccc([N+](=O)[O-])cc1)C1CC1. The Morgan fingerprint density at radius 3 is 2.12 bits per heavy atom. The molecule has 1 fully saturated rings. The molecule has 1 aromatic rings. The zero-order chi connectivity index (χ0) is 12.6. The highest BCUT2D eigenvalue weighted by atomic mass is 16.6. The standard InChI is InChI=1S/C13H18N2O2/c1-13(2,3)14(10-4-5-10)11-6-8-12(9-7-11)15(16)17/h6-10H,4-5H2,1-3H3. The molecule has 4 heteroatoms. The third kappa shape index (κ3) is 2.57. The molecule has 0 unspecified atom stereocenters. The van der Waals surface area contributed by atoms with Crippen LogP contribution < -0.4 is 4.90 Å². The van der Waals surface area contributed by atoms with Crippen LogP contribution in [0.25, 0.3) is 0 Å². The number of anilines is 1. The Hall–Kier alpha value is -1.58. The Kier molecular flexibility index (Phi) is 2.81. The summed E-state index contributed by atoms with van der Waals surface area (Å²) >= 11 is 0. The number of nitrogens with zero attached hydrogens (tertiary/aromatic N) is 2. The van der Waals surface area contributed by atoms with Crippen molar-refractivity contribution < 1.29 is 4.92 Å². The Morgan fingerprint density at radius 1 is 1.24 bits per heavy atom. The van der Waals surface area contributed by atoms with Gasteiger partial charge in [-0.3, -0.25) is 10.1 Å². The van der Waals surface area contributed by atoms with E-state index in [2.05, 4.69) is 25.7 Å². The van der Waals surface area contributed by atoms with Crippen molar-refractivity contribution >= 4 is 11.4 Å². The van der Waals surface area contributed by atoms with E-state index in [-0.39, 0.29) is 16.1 Å². The van der Waals surface area contributed by atoms with Crippen LogP contribution in [0.3, 0.4) is 0 Å². The predicted octanol–water partition coefficient (Wildman–Crippen LogP) is 3.36. The van der Waals surface area contributed by atoms with Crippen molar-refractivity contribution in [2.24, 2.45) is 0 Å². The number of rotatable bonds is 3. The number of benzene rings is 1. The van der Waals surface area contributed by atoms with Crippen LogP contribution >= 0.6 is 0 Å². The van der Waals surface area contributed by atoms with Crippen LogP contribution in [0.1, 0.15) is 33.6 Å². The van der Waals surface area contributed by atoms with E-state index in [1.165, 1.54) is 12.8 Å². The van der Waals surface area contributed by atoms with E-state index in [9.17, 15) is 10.1 Å². The summed E-state index contributed by atoms with van der Waals surface area (Å²) in [5, 5.41) is 10.6. The van der Waals surface area contributed by atoms with Crippen LogP contribution in [0.15, 0.2) is 24.3 Å². The van der Waals surface area contributed by atoms with Crippen LogP contribution in [0.4, 0.5) is 11.4 Å². The van der Waals surface area contributed by atoms with E-state index in [1.54, 1.807) is 12.1 Å². The first-order chi connectivity index (χ1) is 7.89. The summed E-state index contributed by atoms with van der Waals surface area (Å²) in [6, 6.07) is 7.45. The van der Waals surface area contributed by atoms with E-state index in [4.69, 9.17) is 0 Å². The molecule has 0 amide bonds. The van der Waals surface area contributed by atoms with E-state index >= 15 is 0 Å². The van der Waals surface area contributed by atoms with Gasteiger partial charge in [0.2, 0.25) is 0 Å². The van der Waals surface area contributed by atoms with Crippen LogP contribution in [-0.2, 0) is 0 Å². The first-order valence-electron chi connectivity index (χ1n) is 5.93. The molecule has 0 atom stereocenters. The molecule has 1 aliphatic rings. The fourth-order valence-corrected chi connectivity index (χ4v) is 2.21. The maximum absolute atomic E-state index is 10.6. The van der Waals surface area contributed by atoms with Crippen molar-refractivity contribution in [3.8, 4) is 0 Å². The second-order valence-electron chi connectivity index (χ2n) is 5.55. The highest BCUT2D eigenvalue weighted by Crippen LogP contribution is 2.37. The van der Waals surface area contributed by atoms with Gasteiger partial charge in [0.25, 0.3) is 5.69 Å². The largest absolute Gasteiger partial charge is 0.364 e. The molecule has 92 valence electrons. The maximum atomic E-state index is 10.6. The van der Waals surface area contributed by atoms with Crippen LogP contribution in [0.5, 0.6) is 0 Å². The molecule has 1 aromatic carbocycles. The Labute approximate surface area is 101 Å². The van der Waals surface area contributed by atoms with Crippen molar-refractivity contribution in [3.05, 3.63) is 34.4 Å². The smallest absolute Gasteiger partial charge is 0.269 e. The van der Waals surface area contributed by atoms with E-state index in [1.807, 2.05) is 12.1 Å². The lowest BCUT2D eigenvalue weighted by Gasteiger charge is -2.38. The number of nitro groups is 1. The number of hydrogen-bond acceptors (Lipinski definition) is 3. The molecule has 17 heavy (non-hydrogen) atoms. The van der Waals surface area contributed by atoms with Gasteiger partial charge in [-0.15, -0.1) is 0 Å². The lowest BCUT2D eigenvalue weighted by molar-refractivity contribution is -0.384. The number of non-ortho nitro benzene ring substituents is 1. The topological polar surface area (TPSA) is 46.4 Å². The van der Waals surface area contributed by atoms with Crippen molar-refractivity contribution in [2.45, 2.75) is 45.2 Å². The third-order valence-electron chi connectivity index (χ3n) is 2.97. The van der Waals surface area contributed by atoms with Crippen molar-refractivity contribution in [3.63, 3.8) is 0 Å². The Bertz CT molecular complexity index is 416. The minimum Gasteiger partial charge on any atom is -0.364 e. The molecule has 0 heterocycles. The van der Waals surface area contributed by atoms with Gasteiger partial charge in [-0.2, -0.15) is 0 Å². The van der Waals surface area contributed by atoms with Gasteiger partial charge in [0, 0.05) is 29.4 Å². The number of nitro benzene ring substituents is 1. The molecule has 1 aliphatic carbocycles. The summed E-state index contributed by atoms with van der Waals surface area (Å²) < 4.78 is 0. The van der Waals surface area contributed by atoms with Gasteiger partial charge in [0.1, 0.15) is 0 Å². The van der Waals surface area contributed by atoms with Crippen molar-refractivity contribution in [2.75, 3.05) is 4.90 Å². The molecule has 0 aliphatic heterocycles. The lowest BCUT2D eigenvalue weighted by atomic mass is 10.0. The monoisotopic (exact) mass is 234 g/mol. The molecule has 4 nitrogen and oxygen atoms in total. The highest BCUT2D eigenvalue weighted by molar-refractivity contribution is 5.54. The fraction of sp³-hybridized carbons (Fsp3) is 0.538. The summed E-state index contributed by atoms with van der Waals surface area (Å²) in [7, 11) is 0. The van der Waals surface area contributed by atoms with Crippen LogP contribution in [0.2, 0.25) is 0 Å². The lowest BCUT2D eigenvalue weighted by Crippen LogP contribution is -2.43. The minimum atomic E-state index is -0.359. The molecule has 0 N–H and O–H groups in total. The second kappa shape index (κ2) is 4.02. The van der Waals surface area contributed by atoms with Crippen molar-refractivity contribution in [1.29, 1.82) is 0 Å². The van der Waals surface area contributed by atoms with E-state index in [0.29, 0.717) is 6.04 Å². The zero-order valence-corrected chi connectivity index (χ0v) is 10.5. The van der Waals surface area contributed by atoms with Gasteiger partial charge in [0.05, 0.1) is 4.92 Å². The Morgan fingerprint density at radius 2 is 1.76 bits per heavy atom. The molecule has 0 radical (unpaired) electrons. The molecule has 0 bridgehead atoms. The zero-order valence-electron chi connectivity index (χ0n) is 10.5. The minimum absolute atomic E-state index is 0.0529. The molecular formula is C13H18N2O2. The summed E-state index contributed by atoms with van der Waals surface area (Å²) in [6.45, 7) is 6.52. The second-order valence-corrected chi connectivity index (χ2v) is 5.55. The first kappa shape index (κ1) is 11.9. The normalized spacial score (nSPS) is 15.7. The molecule has 2 rings (SSSR count). The maximum Gasteiger partial charge on any atom is 0.269 e. The fourth-order valence-electron chi connectivity index (χ4n) is 2.21. The predicted molar refractivity (Wildman–Crippen MR) is 68.4 cm³/mol. The van der Waals surface area contributed by atoms with Crippen molar-refractivity contribution in [1.82, 2.24) is 0 Å². The van der Waals surface area contributed by atoms with E-state index in [0.717, 1.165) is 5.69 Å². The number of hydrogen-bond donors (Lipinski definition) is 0. The molecule has 0 saturated heterocycles. The highest BCUT2D eigenvalue weighted by Gasteiger charge is 2.36. The average molecular weight is 234 g/mol. The van der Waals surface area contributed by atoms with Crippen LogP contribution in [-0.4, -0.2) is 16.5 Å². The summed E-state index contributed by atoms with van der Waals surface area (Å²) in [6.07, 6.45) is 2.43. The Balaban J connectivity index is 2.28. The molecule has 0 aromatic heterocycles. The van der Waals surface area contributed by atoms with Gasteiger partial charge >= 0.3 is 0 Å². The van der Waals surface area contributed by atoms with Gasteiger partial charge < -0.3 is 4.90 Å². The molecule has 1 saturated carbocycles. The molecule has 0 spiro atoms. The summed E-state index contributed by atoms with van der Waals surface area (Å²) in [5.41, 5.74) is 1.28. The van der Waals surface area contributed by atoms with E-state index < -0.39 is 0 Å². The molecular weight excluding hydrogens is 216 g/mol. The van der Waals surface area contributed by atoms with Gasteiger partial charge in [0.15, 0.2) is 0 Å². The average Bonchev–Trinajstić information content (AvgIpc) is 3.01. The van der Waals surface area contributed by atoms with Gasteiger partial charge in [-0.1, -0.05) is 0 Å². The van der Waals surface area contributed by atoms with Gasteiger partial charge in [-0.25, -0.2) is 0 Å².